The Hall–Kier alpha value is -5.36. The number of Topliss-reactive ketones (excluding diaryl/α,β-unsaturated/α-hetero) is 2. The number of carbonyl (C=O) groups is 3. The Morgan fingerprint density at radius 3 is 2.42 bits per heavy atom. The van der Waals surface area contributed by atoms with Crippen molar-refractivity contribution in [2.75, 3.05) is 31.7 Å². The molecule has 3 unspecified atom stereocenters. The molecule has 0 aliphatic carbocycles. The zero-order valence-corrected chi connectivity index (χ0v) is 37.0. The van der Waals surface area contributed by atoms with Crippen LogP contribution in [0, 0.1) is 35.2 Å². The molecule has 348 valence electrons. The molecule has 0 bridgehead atoms. The summed E-state index contributed by atoms with van der Waals surface area (Å²) in [4.78, 5) is 60.1. The molecule has 1 aromatic carbocycles. The van der Waals surface area contributed by atoms with Gasteiger partial charge < -0.3 is 14.8 Å². The highest BCUT2D eigenvalue weighted by Gasteiger charge is 2.57. The van der Waals surface area contributed by atoms with Crippen molar-refractivity contribution in [3.63, 3.8) is 0 Å². The minimum absolute atomic E-state index is 0.0138. The molecule has 10 atom stereocenters. The summed E-state index contributed by atoms with van der Waals surface area (Å²) in [6, 6.07) is 12.1. The number of rotatable bonds is 13. The molecule has 7 heterocycles. The van der Waals surface area contributed by atoms with Crippen molar-refractivity contribution < 1.29 is 64.3 Å². The number of hydrogen-bond acceptors (Lipinski definition) is 19. The first kappa shape index (κ1) is 47.1. The monoisotopic (exact) mass is 954 g/mol. The van der Waals surface area contributed by atoms with E-state index in [0.29, 0.717) is 5.56 Å². The molecule has 4 aliphatic rings. The first-order chi connectivity index (χ1) is 31.7. The summed E-state index contributed by atoms with van der Waals surface area (Å²) in [5, 5.41) is 21.2. The fourth-order valence-corrected chi connectivity index (χ4v) is 10.3. The molecule has 3 aromatic heterocycles. The summed E-state index contributed by atoms with van der Waals surface area (Å²) < 4.78 is 98.6. The van der Waals surface area contributed by atoms with Gasteiger partial charge >= 0.3 is 7.82 Å². The highest BCUT2D eigenvalue weighted by Crippen LogP contribution is 2.65. The number of imidazole rings is 2. The Bertz CT molecular complexity index is 2640. The molecule has 1 amide bonds. The van der Waals surface area contributed by atoms with E-state index in [1.807, 2.05) is 12.1 Å². The lowest BCUT2D eigenvalue weighted by Crippen LogP contribution is -2.38. The second kappa shape index (κ2) is 19.9. The van der Waals surface area contributed by atoms with Gasteiger partial charge in [0.05, 0.1) is 57.3 Å². The maximum atomic E-state index is 17.1. The summed E-state index contributed by atoms with van der Waals surface area (Å²) >= 11 is 0. The molecule has 1 N–H and O–H groups in total. The highest BCUT2D eigenvalue weighted by molar-refractivity contribution is 7.62. The minimum atomic E-state index is -4.94. The normalized spacial score (nSPS) is 30.0. The van der Waals surface area contributed by atoms with Crippen LogP contribution in [0.25, 0.3) is 11.2 Å². The summed E-state index contributed by atoms with van der Waals surface area (Å²) in [5.74, 6) is -1.54. The second-order valence-corrected chi connectivity index (χ2v) is 19.1. The number of ether oxygens (including phenoxy) is 2. The third kappa shape index (κ3) is 9.85. The number of aromatic nitrogens is 6. The summed E-state index contributed by atoms with van der Waals surface area (Å²) in [5.41, 5.74) is 0.592. The molecule has 8 rings (SSSR count). The van der Waals surface area contributed by atoms with Crippen molar-refractivity contribution in [3.05, 3.63) is 67.2 Å². The van der Waals surface area contributed by atoms with Gasteiger partial charge in [0.1, 0.15) is 43.6 Å². The maximum Gasteiger partial charge on any atom is 0.475 e. The van der Waals surface area contributed by atoms with Crippen LogP contribution in [0.4, 0.5) is 20.4 Å². The van der Waals surface area contributed by atoms with Crippen LogP contribution in [0.15, 0.2) is 54.3 Å². The molecule has 3 fully saturated rings. The van der Waals surface area contributed by atoms with Gasteiger partial charge in [-0.25, -0.2) is 47.3 Å². The first-order valence-corrected chi connectivity index (χ1v) is 23.7. The lowest BCUT2D eigenvalue weighted by atomic mass is 9.98. The van der Waals surface area contributed by atoms with E-state index < -0.39 is 96.5 Å². The van der Waals surface area contributed by atoms with Gasteiger partial charge in [-0.15, -0.1) is 0 Å². The Kier molecular flexibility index (Phi) is 14.2. The van der Waals surface area contributed by atoms with Gasteiger partial charge in [-0.1, -0.05) is 38.7 Å². The lowest BCUT2D eigenvalue weighted by Gasteiger charge is -2.32. The summed E-state index contributed by atoms with van der Waals surface area (Å²) in [7, 11) is -8.95. The third-order valence-electron chi connectivity index (χ3n) is 10.7. The van der Waals surface area contributed by atoms with E-state index in [0.717, 1.165) is 17.2 Å². The minimum Gasteiger partial charge on any atom is -0.346 e. The third-order valence-corrected chi connectivity index (χ3v) is 13.9. The van der Waals surface area contributed by atoms with Crippen molar-refractivity contribution in [1.82, 2.24) is 29.1 Å². The molecule has 66 heavy (non-hydrogen) atoms. The predicted molar refractivity (Wildman–Crippen MR) is 224 cm³/mol. The van der Waals surface area contributed by atoms with E-state index in [1.54, 1.807) is 44.2 Å². The molecule has 4 aromatic rings. The van der Waals surface area contributed by atoms with Gasteiger partial charge in [-0.05, 0) is 12.1 Å². The fourth-order valence-electron chi connectivity index (χ4n) is 7.38. The standard InChI is InChI=1S/C40H42F2N10O12P2/c1-22(2)25(53)15-24-16-26(54)31-37(49-24)52(20-47-31)40-30(42)34-27(61-40)17-59-65(3,57-13-7-11-43)63-33-28(18-60-66(56,64-34)58-14-8-12-44)62-39(29(33)41)51-21-48-32-35(45-19-46-36(32)51)50-38(55)23-9-5-4-6-10-23/h4-6,9-10,19-22,27-30,33-34,39-40H,3,7-8,13-18H2,1-2H3,(H,45,46,50,55)/t27-,28?,29-,30-,33-,34-,39-,40-,65?,66?/m1/s1. The Labute approximate surface area is 375 Å². The number of fused-ring (bicyclic) bond motifs is 4. The number of nitriles is 2. The van der Waals surface area contributed by atoms with Crippen LogP contribution < -0.4 is 5.32 Å². The van der Waals surface area contributed by atoms with E-state index in [1.165, 1.54) is 10.9 Å². The van der Waals surface area contributed by atoms with Crippen molar-refractivity contribution in [2.24, 2.45) is 10.9 Å². The molecule has 0 saturated carbocycles. The number of benzene rings is 1. The molecule has 0 radical (unpaired) electrons. The SMILES string of the molecule is [CH2-][P+]1(OCCC#N)OC[C@H]2O[C@@H](n3cnc4c3N=C(CC(=O)C(C)C)CC4=O)[C@H](F)[C@@H]2OP(=O)(OCCC#N)OCC2O[C@@H](n3cnc4c(NC(=O)c5ccccc5)ncnc43)[C@H](F)[C@@H]2O1. The smallest absolute Gasteiger partial charge is 0.346 e. The van der Waals surface area contributed by atoms with Crippen LogP contribution in [0.5, 0.6) is 0 Å². The molecule has 3 saturated heterocycles. The number of carbonyl (C=O) groups excluding carboxylic acids is 3. The molecule has 4 aliphatic heterocycles. The van der Waals surface area contributed by atoms with Crippen molar-refractivity contribution in [2.45, 2.75) is 88.7 Å². The van der Waals surface area contributed by atoms with E-state index in [4.69, 9.17) is 36.6 Å². The number of halogens is 2. The predicted octanol–water partition coefficient (Wildman–Crippen LogP) is 6.06. The van der Waals surface area contributed by atoms with Crippen LogP contribution in [0.3, 0.4) is 0 Å². The van der Waals surface area contributed by atoms with Crippen molar-refractivity contribution in [3.8, 4) is 12.1 Å². The number of phosphoric ester groups is 1. The quantitative estimate of drug-likeness (QED) is 0.0905. The number of nitrogens with one attached hydrogen (secondary N) is 1. The van der Waals surface area contributed by atoms with Crippen LogP contribution in [-0.4, -0.2) is 115 Å². The molecule has 22 nitrogen and oxygen atoms in total. The Morgan fingerprint density at radius 1 is 0.985 bits per heavy atom. The van der Waals surface area contributed by atoms with Gasteiger partial charge in [0.15, 0.2) is 65.2 Å². The number of alkyl halides is 2. The number of anilines is 1. The van der Waals surface area contributed by atoms with Gasteiger partial charge in [-0.3, -0.25) is 37.1 Å². The lowest BCUT2D eigenvalue weighted by molar-refractivity contribution is -0.120. The van der Waals surface area contributed by atoms with E-state index in [-0.39, 0.29) is 78.2 Å². The van der Waals surface area contributed by atoms with E-state index in [2.05, 4.69) is 36.9 Å². The number of nitrogens with zero attached hydrogens (tertiary/aromatic N) is 9. The zero-order chi connectivity index (χ0) is 46.8. The van der Waals surface area contributed by atoms with E-state index in [9.17, 15) is 29.5 Å². The fraction of sp³-hybridized carbons (Fsp3) is 0.475. The van der Waals surface area contributed by atoms with Crippen LogP contribution in [-0.2, 0) is 46.0 Å². The molecule has 0 spiro atoms. The zero-order valence-electron chi connectivity index (χ0n) is 35.3. The Balaban J connectivity index is 1.10. The number of hydrogen-bond donors (Lipinski definition) is 1. The molecule has 26 heteroatoms. The molecular weight excluding hydrogens is 912 g/mol. The summed E-state index contributed by atoms with van der Waals surface area (Å²) in [6.07, 6.45) is -11.4. The highest BCUT2D eigenvalue weighted by atomic mass is 31.2. The second-order valence-electron chi connectivity index (χ2n) is 15.6. The first-order valence-electron chi connectivity index (χ1n) is 20.6. The van der Waals surface area contributed by atoms with Gasteiger partial charge in [0, 0.05) is 23.6 Å². The van der Waals surface area contributed by atoms with Gasteiger partial charge in [0.25, 0.3) is 13.9 Å². The average Bonchev–Trinajstić information content (AvgIpc) is 4.07. The van der Waals surface area contributed by atoms with Crippen LogP contribution in [0.1, 0.15) is 72.8 Å². The number of amides is 1. The number of aliphatic imine (C=N–C) groups is 1. The van der Waals surface area contributed by atoms with Crippen LogP contribution >= 0.6 is 15.8 Å². The topological polar surface area (TPSA) is 276 Å². The van der Waals surface area contributed by atoms with Crippen molar-refractivity contribution >= 4 is 61.8 Å². The number of ketones is 2. The Morgan fingerprint density at radius 2 is 1.68 bits per heavy atom. The maximum absolute atomic E-state index is 17.1. The average molecular weight is 955 g/mol. The van der Waals surface area contributed by atoms with Gasteiger partial charge in [0.2, 0.25) is 0 Å². The van der Waals surface area contributed by atoms with Crippen LogP contribution in [0.2, 0.25) is 0 Å². The summed E-state index contributed by atoms with van der Waals surface area (Å²) in [6.45, 7) is 5.16. The largest absolute Gasteiger partial charge is 0.475 e. The number of phosphoric acid groups is 1. The van der Waals surface area contributed by atoms with Gasteiger partial charge in [-0.2, -0.15) is 15.0 Å². The molecular formula is C40H42F2N10O12P2. The van der Waals surface area contributed by atoms with E-state index >= 15 is 8.78 Å². The van der Waals surface area contributed by atoms with Crippen molar-refractivity contribution in [1.29, 1.82) is 10.5 Å².